The second kappa shape index (κ2) is 5.96. The van der Waals surface area contributed by atoms with Crippen molar-refractivity contribution in [1.82, 2.24) is 5.32 Å². The Balaban J connectivity index is 1.75. The minimum Gasteiger partial charge on any atom is -0.309 e. The van der Waals surface area contributed by atoms with E-state index in [0.29, 0.717) is 16.2 Å². The molecule has 116 valence electrons. The van der Waals surface area contributed by atoms with E-state index in [1.54, 1.807) is 11.1 Å². The summed E-state index contributed by atoms with van der Waals surface area (Å²) in [5.74, 6) is 0. The van der Waals surface area contributed by atoms with E-state index in [-0.39, 0.29) is 0 Å². The minimum absolute atomic E-state index is 0.333. The van der Waals surface area contributed by atoms with Gasteiger partial charge in [0.1, 0.15) is 0 Å². The summed E-state index contributed by atoms with van der Waals surface area (Å²) in [6.45, 7) is 5.96. The lowest BCUT2D eigenvalue weighted by atomic mass is 9.71. The zero-order chi connectivity index (χ0) is 14.9. The Morgan fingerprint density at radius 3 is 2.57 bits per heavy atom. The highest BCUT2D eigenvalue weighted by Gasteiger charge is 2.36. The molecule has 2 heteroatoms. The molecule has 1 nitrogen and oxygen atoms in total. The van der Waals surface area contributed by atoms with E-state index in [1.165, 1.54) is 45.1 Å². The molecule has 21 heavy (non-hydrogen) atoms. The maximum absolute atomic E-state index is 3.93. The summed E-state index contributed by atoms with van der Waals surface area (Å²) in [7, 11) is 0. The normalized spacial score (nSPS) is 26.5. The van der Waals surface area contributed by atoms with Gasteiger partial charge in [-0.05, 0) is 48.5 Å². The summed E-state index contributed by atoms with van der Waals surface area (Å²) in [5.41, 5.74) is 3.43. The van der Waals surface area contributed by atoms with Crippen LogP contribution in [0.1, 0.15) is 69.5 Å². The van der Waals surface area contributed by atoms with Crippen LogP contribution in [0.4, 0.5) is 0 Å². The van der Waals surface area contributed by atoms with Crippen LogP contribution in [0.3, 0.4) is 0 Å². The number of hydrogen-bond acceptors (Lipinski definition) is 2. The third-order valence-electron chi connectivity index (χ3n) is 5.74. The van der Waals surface area contributed by atoms with Gasteiger partial charge in [-0.1, -0.05) is 51.0 Å². The molecule has 1 aromatic carbocycles. The second-order valence-corrected chi connectivity index (χ2v) is 8.81. The van der Waals surface area contributed by atoms with Crippen molar-refractivity contribution in [3.05, 3.63) is 35.4 Å². The van der Waals surface area contributed by atoms with E-state index < -0.39 is 0 Å². The van der Waals surface area contributed by atoms with Crippen molar-refractivity contribution in [2.75, 3.05) is 12.8 Å². The quantitative estimate of drug-likeness (QED) is 0.834. The monoisotopic (exact) mass is 303 g/mol. The third-order valence-corrected chi connectivity index (χ3v) is 7.16. The average Bonchev–Trinajstić information content (AvgIpc) is 2.96. The van der Waals surface area contributed by atoms with Crippen LogP contribution in [-0.2, 0) is 5.41 Å². The van der Waals surface area contributed by atoms with E-state index in [0.717, 1.165) is 0 Å². The van der Waals surface area contributed by atoms with Crippen LogP contribution in [0.2, 0.25) is 0 Å². The van der Waals surface area contributed by atoms with Crippen LogP contribution in [0.15, 0.2) is 24.3 Å². The number of fused-ring (bicyclic) bond motifs is 1. The predicted molar refractivity (Wildman–Crippen MR) is 94.2 cm³/mol. The molecular weight excluding hydrogens is 274 g/mol. The lowest BCUT2D eigenvalue weighted by Crippen LogP contribution is -2.40. The van der Waals surface area contributed by atoms with E-state index in [1.807, 2.05) is 0 Å². The van der Waals surface area contributed by atoms with Crippen LogP contribution in [0.25, 0.3) is 0 Å². The van der Waals surface area contributed by atoms with Crippen molar-refractivity contribution < 1.29 is 0 Å². The highest BCUT2D eigenvalue weighted by molar-refractivity contribution is 8.00. The molecule has 1 N–H and O–H groups in total. The maximum Gasteiger partial charge on any atom is 0.0324 e. The van der Waals surface area contributed by atoms with Crippen molar-refractivity contribution in [2.24, 2.45) is 0 Å². The van der Waals surface area contributed by atoms with Gasteiger partial charge >= 0.3 is 0 Å². The van der Waals surface area contributed by atoms with Gasteiger partial charge in [0.2, 0.25) is 0 Å². The summed E-state index contributed by atoms with van der Waals surface area (Å²) in [6, 6.07) is 9.63. The zero-order valence-corrected chi connectivity index (χ0v) is 14.6. The number of rotatable bonds is 4. The molecule has 0 radical (unpaired) electrons. The van der Waals surface area contributed by atoms with Gasteiger partial charge in [-0.2, -0.15) is 11.8 Å². The van der Waals surface area contributed by atoms with E-state index in [2.05, 4.69) is 61.4 Å². The molecule has 0 aromatic heterocycles. The third kappa shape index (κ3) is 3.03. The van der Waals surface area contributed by atoms with Crippen LogP contribution >= 0.6 is 11.8 Å². The first-order valence-electron chi connectivity index (χ1n) is 8.44. The largest absolute Gasteiger partial charge is 0.309 e. The molecule has 0 bridgehead atoms. The van der Waals surface area contributed by atoms with Gasteiger partial charge in [0, 0.05) is 17.3 Å². The van der Waals surface area contributed by atoms with Crippen molar-refractivity contribution >= 4 is 11.8 Å². The predicted octanol–water partition coefficient (Wildman–Crippen LogP) is 5.06. The summed E-state index contributed by atoms with van der Waals surface area (Å²) in [5, 5.41) is 3.93. The Kier molecular flexibility index (Phi) is 4.38. The number of thioether (sulfide) groups is 1. The summed E-state index contributed by atoms with van der Waals surface area (Å²) in [6.07, 6.45) is 10.5. The Morgan fingerprint density at radius 2 is 1.86 bits per heavy atom. The summed E-state index contributed by atoms with van der Waals surface area (Å²) >= 11 is 2.09. The van der Waals surface area contributed by atoms with Gasteiger partial charge in [0.05, 0.1) is 0 Å². The molecule has 2 aliphatic rings. The molecule has 2 aliphatic carbocycles. The Bertz CT molecular complexity index is 488. The van der Waals surface area contributed by atoms with Gasteiger partial charge < -0.3 is 5.32 Å². The first kappa shape index (κ1) is 15.4. The molecule has 1 fully saturated rings. The van der Waals surface area contributed by atoms with E-state index in [9.17, 15) is 0 Å². The summed E-state index contributed by atoms with van der Waals surface area (Å²) in [4.78, 5) is 0. The Morgan fingerprint density at radius 1 is 1.14 bits per heavy atom. The molecule has 0 heterocycles. The first-order chi connectivity index (χ1) is 10.1. The SMILES string of the molecule is CSC1(CNC2CCC(C)(C)c3ccccc32)CCCC1. The van der Waals surface area contributed by atoms with Crippen LogP contribution in [0, 0.1) is 0 Å². The number of nitrogens with one attached hydrogen (secondary N) is 1. The van der Waals surface area contributed by atoms with Crippen LogP contribution in [-0.4, -0.2) is 17.5 Å². The highest BCUT2D eigenvalue weighted by atomic mass is 32.2. The van der Waals surface area contributed by atoms with Gasteiger partial charge in [-0.25, -0.2) is 0 Å². The molecule has 0 aliphatic heterocycles. The summed E-state index contributed by atoms with van der Waals surface area (Å²) < 4.78 is 0.502. The smallest absolute Gasteiger partial charge is 0.0324 e. The molecule has 1 saturated carbocycles. The van der Waals surface area contributed by atoms with Gasteiger partial charge in [0.15, 0.2) is 0 Å². The van der Waals surface area contributed by atoms with E-state index >= 15 is 0 Å². The number of benzene rings is 1. The molecule has 3 rings (SSSR count). The van der Waals surface area contributed by atoms with Gasteiger partial charge in [-0.15, -0.1) is 0 Å². The molecule has 1 atom stereocenters. The Hall–Kier alpha value is -0.470. The Labute approximate surface area is 134 Å². The second-order valence-electron chi connectivity index (χ2n) is 7.54. The molecule has 1 unspecified atom stereocenters. The van der Waals surface area contributed by atoms with Crippen molar-refractivity contribution in [3.63, 3.8) is 0 Å². The average molecular weight is 304 g/mol. The fourth-order valence-electron chi connectivity index (χ4n) is 4.21. The topological polar surface area (TPSA) is 12.0 Å². The molecule has 0 amide bonds. The van der Waals surface area contributed by atoms with Crippen LogP contribution in [0.5, 0.6) is 0 Å². The molecule has 0 saturated heterocycles. The number of hydrogen-bond donors (Lipinski definition) is 1. The lowest BCUT2D eigenvalue weighted by molar-refractivity contribution is 0.348. The molecule has 0 spiro atoms. The van der Waals surface area contributed by atoms with Crippen molar-refractivity contribution in [2.45, 2.75) is 68.6 Å². The minimum atomic E-state index is 0.333. The van der Waals surface area contributed by atoms with Crippen molar-refractivity contribution in [1.29, 1.82) is 0 Å². The fraction of sp³-hybridized carbons (Fsp3) is 0.684. The standard InChI is InChI=1S/C19H29NS/c1-18(2)13-10-17(15-8-4-5-9-16(15)18)20-14-19(21-3)11-6-7-12-19/h4-5,8-9,17,20H,6-7,10-14H2,1-3H3. The highest BCUT2D eigenvalue weighted by Crippen LogP contribution is 2.43. The lowest BCUT2D eigenvalue weighted by Gasteiger charge is -2.39. The molecular formula is C19H29NS. The van der Waals surface area contributed by atoms with Gasteiger partial charge in [-0.3, -0.25) is 0 Å². The van der Waals surface area contributed by atoms with Crippen molar-refractivity contribution in [3.8, 4) is 0 Å². The fourth-order valence-corrected chi connectivity index (χ4v) is 5.13. The maximum atomic E-state index is 3.93. The van der Waals surface area contributed by atoms with E-state index in [4.69, 9.17) is 0 Å². The first-order valence-corrected chi connectivity index (χ1v) is 9.67. The zero-order valence-electron chi connectivity index (χ0n) is 13.7. The molecule has 1 aromatic rings. The van der Waals surface area contributed by atoms with Crippen LogP contribution < -0.4 is 5.32 Å². The van der Waals surface area contributed by atoms with Gasteiger partial charge in [0.25, 0.3) is 0 Å².